The molecule has 172 valence electrons. The summed E-state index contributed by atoms with van der Waals surface area (Å²) in [5, 5.41) is 2.58. The van der Waals surface area contributed by atoms with Gasteiger partial charge in [-0.15, -0.1) is 0 Å². The summed E-state index contributed by atoms with van der Waals surface area (Å²) in [5.74, 6) is -2.67. The van der Waals surface area contributed by atoms with Crippen LogP contribution >= 0.6 is 0 Å². The molecule has 0 aromatic heterocycles. The molecule has 0 aliphatic carbocycles. The van der Waals surface area contributed by atoms with Crippen LogP contribution in [0.3, 0.4) is 0 Å². The Morgan fingerprint density at radius 1 is 0.970 bits per heavy atom. The number of ketones is 1. The Bertz CT molecular complexity index is 1060. The number of amides is 2. The van der Waals surface area contributed by atoms with Gasteiger partial charge in [-0.1, -0.05) is 0 Å². The third kappa shape index (κ3) is 6.03. The number of carbonyl (C=O) groups excluding carboxylic acids is 5. The Kier molecular flexibility index (Phi) is 7.55. The fourth-order valence-electron chi connectivity index (χ4n) is 3.35. The minimum atomic E-state index is -0.704. The van der Waals surface area contributed by atoms with Crippen molar-refractivity contribution in [2.75, 3.05) is 30.0 Å². The van der Waals surface area contributed by atoms with Crippen molar-refractivity contribution in [3.05, 3.63) is 59.7 Å². The molecule has 1 N–H and O–H groups in total. The molecule has 0 saturated carbocycles. The molecule has 0 unspecified atom stereocenters. The molecule has 9 nitrogen and oxygen atoms in total. The average Bonchev–Trinajstić information content (AvgIpc) is 3.19. The molecule has 1 aliphatic rings. The molecule has 1 fully saturated rings. The van der Waals surface area contributed by atoms with E-state index in [1.165, 1.54) is 11.8 Å². The summed E-state index contributed by atoms with van der Waals surface area (Å²) in [6.07, 6.45) is -0.0351. The molecule has 2 aromatic rings. The first kappa shape index (κ1) is 23.6. The number of hydrogen-bond donors (Lipinski definition) is 1. The second-order valence-corrected chi connectivity index (χ2v) is 7.46. The SMILES string of the molecule is CCOC(=O)c1ccc(N2C[C@H](C(=O)OCC(=O)Nc3ccc(C(C)=O)cc3)CC2=O)cc1. The van der Waals surface area contributed by atoms with Gasteiger partial charge in [-0.05, 0) is 62.4 Å². The molecule has 1 saturated heterocycles. The van der Waals surface area contributed by atoms with Crippen molar-refractivity contribution < 1.29 is 33.4 Å². The van der Waals surface area contributed by atoms with Crippen molar-refractivity contribution >= 4 is 40.9 Å². The number of Topliss-reactive ketones (excluding diaryl/α,β-unsaturated/α-hetero) is 1. The summed E-state index contributed by atoms with van der Waals surface area (Å²) in [6.45, 7) is 3.04. The lowest BCUT2D eigenvalue weighted by atomic mass is 10.1. The van der Waals surface area contributed by atoms with Crippen LogP contribution in [0.15, 0.2) is 48.5 Å². The molecule has 33 heavy (non-hydrogen) atoms. The first-order chi connectivity index (χ1) is 15.8. The summed E-state index contributed by atoms with van der Waals surface area (Å²) in [4.78, 5) is 61.3. The topological polar surface area (TPSA) is 119 Å². The van der Waals surface area contributed by atoms with Crippen LogP contribution in [0.2, 0.25) is 0 Å². The number of nitrogens with zero attached hydrogens (tertiary/aromatic N) is 1. The predicted molar refractivity (Wildman–Crippen MR) is 119 cm³/mol. The summed E-state index contributed by atoms with van der Waals surface area (Å²) >= 11 is 0. The summed E-state index contributed by atoms with van der Waals surface area (Å²) in [7, 11) is 0. The maximum Gasteiger partial charge on any atom is 0.338 e. The first-order valence-electron chi connectivity index (χ1n) is 10.4. The highest BCUT2D eigenvalue weighted by Crippen LogP contribution is 2.26. The lowest BCUT2D eigenvalue weighted by Crippen LogP contribution is -2.28. The first-order valence-corrected chi connectivity index (χ1v) is 10.4. The fraction of sp³-hybridized carbons (Fsp3) is 0.292. The maximum atomic E-state index is 12.4. The van der Waals surface area contributed by atoms with Crippen LogP contribution in [0, 0.1) is 5.92 Å². The van der Waals surface area contributed by atoms with Gasteiger partial charge in [0, 0.05) is 29.9 Å². The molecular weight excluding hydrogens is 428 g/mol. The second-order valence-electron chi connectivity index (χ2n) is 7.46. The van der Waals surface area contributed by atoms with Crippen LogP contribution in [0.1, 0.15) is 41.0 Å². The number of ether oxygens (including phenoxy) is 2. The molecule has 2 amide bonds. The van der Waals surface area contributed by atoms with Crippen molar-refractivity contribution in [2.24, 2.45) is 5.92 Å². The van der Waals surface area contributed by atoms with E-state index in [0.717, 1.165) is 0 Å². The molecule has 9 heteroatoms. The number of hydrogen-bond acceptors (Lipinski definition) is 7. The van der Waals surface area contributed by atoms with E-state index in [1.807, 2.05) is 0 Å². The third-order valence-corrected chi connectivity index (χ3v) is 5.07. The molecule has 1 atom stereocenters. The van der Waals surface area contributed by atoms with Crippen LogP contribution < -0.4 is 10.2 Å². The van der Waals surface area contributed by atoms with E-state index >= 15 is 0 Å². The molecule has 0 radical (unpaired) electrons. The minimum Gasteiger partial charge on any atom is -0.462 e. The van der Waals surface area contributed by atoms with Gasteiger partial charge in [-0.25, -0.2) is 4.79 Å². The van der Waals surface area contributed by atoms with Crippen molar-refractivity contribution in [3.8, 4) is 0 Å². The van der Waals surface area contributed by atoms with Crippen molar-refractivity contribution in [1.29, 1.82) is 0 Å². The summed E-state index contributed by atoms with van der Waals surface area (Å²) in [6, 6.07) is 12.7. The minimum absolute atomic E-state index is 0.0351. The third-order valence-electron chi connectivity index (χ3n) is 5.07. The molecular formula is C24H24N2O7. The molecule has 2 aromatic carbocycles. The normalized spacial score (nSPS) is 15.2. The van der Waals surface area contributed by atoms with Gasteiger partial charge in [0.15, 0.2) is 12.4 Å². The smallest absolute Gasteiger partial charge is 0.338 e. The van der Waals surface area contributed by atoms with Crippen LogP contribution in [-0.4, -0.2) is 49.3 Å². The Hall–Kier alpha value is -4.01. The largest absolute Gasteiger partial charge is 0.462 e. The van der Waals surface area contributed by atoms with Crippen LogP contribution in [-0.2, 0) is 23.9 Å². The fourth-order valence-corrected chi connectivity index (χ4v) is 3.35. The van der Waals surface area contributed by atoms with Crippen LogP contribution in [0.5, 0.6) is 0 Å². The van der Waals surface area contributed by atoms with Crippen molar-refractivity contribution in [2.45, 2.75) is 20.3 Å². The van der Waals surface area contributed by atoms with Gasteiger partial charge in [0.25, 0.3) is 5.91 Å². The number of carbonyl (C=O) groups is 5. The zero-order valence-electron chi connectivity index (χ0n) is 18.3. The van der Waals surface area contributed by atoms with Gasteiger partial charge in [-0.3, -0.25) is 19.2 Å². The van der Waals surface area contributed by atoms with E-state index in [2.05, 4.69) is 5.32 Å². The maximum absolute atomic E-state index is 12.4. The number of anilines is 2. The lowest BCUT2D eigenvalue weighted by Gasteiger charge is -2.17. The Morgan fingerprint density at radius 3 is 2.21 bits per heavy atom. The van der Waals surface area contributed by atoms with E-state index in [1.54, 1.807) is 55.5 Å². The van der Waals surface area contributed by atoms with Crippen LogP contribution in [0.4, 0.5) is 11.4 Å². The van der Waals surface area contributed by atoms with Crippen molar-refractivity contribution in [3.63, 3.8) is 0 Å². The summed E-state index contributed by atoms with van der Waals surface area (Å²) < 4.78 is 10.0. The highest BCUT2D eigenvalue weighted by Gasteiger charge is 2.36. The standard InChI is InChI=1S/C24H24N2O7/c1-3-32-23(30)17-6-10-20(11-7-17)26-13-18(12-22(26)29)24(31)33-14-21(28)25-19-8-4-16(5-9-19)15(2)27/h4-11,18H,3,12-14H2,1-2H3,(H,25,28)/t18-/m1/s1. The second kappa shape index (κ2) is 10.5. The highest BCUT2D eigenvalue weighted by atomic mass is 16.5. The van der Waals surface area contributed by atoms with Gasteiger partial charge >= 0.3 is 11.9 Å². The average molecular weight is 452 g/mol. The lowest BCUT2D eigenvalue weighted by molar-refractivity contribution is -0.151. The zero-order valence-corrected chi connectivity index (χ0v) is 18.3. The van der Waals surface area contributed by atoms with E-state index in [4.69, 9.17) is 9.47 Å². The van der Waals surface area contributed by atoms with Gasteiger partial charge < -0.3 is 19.7 Å². The molecule has 3 rings (SSSR count). The van der Waals surface area contributed by atoms with Crippen molar-refractivity contribution in [1.82, 2.24) is 0 Å². The molecule has 1 aliphatic heterocycles. The predicted octanol–water partition coefficient (Wildman–Crippen LogP) is 2.60. The number of esters is 2. The molecule has 0 bridgehead atoms. The number of benzene rings is 2. The molecule has 1 heterocycles. The Labute approximate surface area is 190 Å². The van der Waals surface area contributed by atoms with Gasteiger partial charge in [0.2, 0.25) is 5.91 Å². The zero-order chi connectivity index (χ0) is 24.0. The number of rotatable bonds is 8. The van der Waals surface area contributed by atoms with Gasteiger partial charge in [0.1, 0.15) is 0 Å². The van der Waals surface area contributed by atoms with E-state index in [0.29, 0.717) is 22.5 Å². The van der Waals surface area contributed by atoms with E-state index in [-0.39, 0.29) is 31.3 Å². The quantitative estimate of drug-likeness (QED) is 0.483. The Balaban J connectivity index is 1.51. The monoisotopic (exact) mass is 452 g/mol. The van der Waals surface area contributed by atoms with Gasteiger partial charge in [0.05, 0.1) is 18.1 Å². The van der Waals surface area contributed by atoms with Gasteiger partial charge in [-0.2, -0.15) is 0 Å². The van der Waals surface area contributed by atoms with E-state index in [9.17, 15) is 24.0 Å². The Morgan fingerprint density at radius 2 is 1.61 bits per heavy atom. The summed E-state index contributed by atoms with van der Waals surface area (Å²) in [5.41, 5.74) is 1.90. The highest BCUT2D eigenvalue weighted by molar-refractivity contribution is 6.00. The number of nitrogens with one attached hydrogen (secondary N) is 1. The van der Waals surface area contributed by atoms with E-state index < -0.39 is 30.4 Å². The molecule has 0 spiro atoms. The van der Waals surface area contributed by atoms with Crippen LogP contribution in [0.25, 0.3) is 0 Å².